The minimum Gasteiger partial charge on any atom is -0.466 e. The Morgan fingerprint density at radius 3 is 0.973 bits per heavy atom. The van der Waals surface area contributed by atoms with Crippen LogP contribution in [-0.4, -0.2) is 47.4 Å². The van der Waals surface area contributed by atoms with E-state index < -0.39 is 12.1 Å². The molecule has 0 rings (SSSR count). The Kier molecular flexibility index (Phi) is 61.9. The number of hydrogen-bond donors (Lipinski definition) is 3. The topological polar surface area (TPSA) is 95.9 Å². The predicted molar refractivity (Wildman–Crippen MR) is 320 cm³/mol. The lowest BCUT2D eigenvalue weighted by Gasteiger charge is -2.22. The first-order valence-corrected chi connectivity index (χ1v) is 33.4. The fourth-order valence-electron chi connectivity index (χ4n) is 10.7. The van der Waals surface area contributed by atoms with E-state index >= 15 is 0 Å². The van der Waals surface area contributed by atoms with Gasteiger partial charge in [0.25, 0.3) is 0 Å². The average Bonchev–Trinajstić information content (AvgIpc) is 3.39. The number of amides is 1. The summed E-state index contributed by atoms with van der Waals surface area (Å²) in [4.78, 5) is 24.5. The van der Waals surface area contributed by atoms with Gasteiger partial charge < -0.3 is 20.3 Å². The molecular weight excluding hydrogens is 899 g/mol. The summed E-state index contributed by atoms with van der Waals surface area (Å²) in [5, 5.41) is 23.3. The van der Waals surface area contributed by atoms with Gasteiger partial charge in [-0.25, -0.2) is 0 Å². The largest absolute Gasteiger partial charge is 0.466 e. The zero-order chi connectivity index (χ0) is 52.9. The molecule has 0 radical (unpaired) electrons. The number of hydrogen-bond acceptors (Lipinski definition) is 5. The van der Waals surface area contributed by atoms with Crippen LogP contribution in [-0.2, 0) is 14.3 Å². The van der Waals surface area contributed by atoms with E-state index in [0.717, 1.165) is 44.9 Å². The van der Waals surface area contributed by atoms with Crippen LogP contribution in [0.4, 0.5) is 0 Å². The molecule has 6 heteroatoms. The van der Waals surface area contributed by atoms with Crippen molar-refractivity contribution in [2.24, 2.45) is 0 Å². The summed E-state index contributed by atoms with van der Waals surface area (Å²) in [5.74, 6) is -0.0177. The van der Waals surface area contributed by atoms with Crippen molar-refractivity contribution in [1.82, 2.24) is 5.32 Å². The van der Waals surface area contributed by atoms with Crippen LogP contribution in [0.5, 0.6) is 0 Å². The van der Waals surface area contributed by atoms with Crippen molar-refractivity contribution in [3.05, 3.63) is 12.2 Å². The first-order valence-electron chi connectivity index (χ1n) is 33.4. The second-order valence-corrected chi connectivity index (χ2v) is 23.2. The molecule has 0 aliphatic carbocycles. The number of unbranched alkanes of at least 4 members (excludes halogenated alkanes) is 50. The molecule has 0 aliphatic heterocycles. The molecule has 434 valence electrons. The maximum absolute atomic E-state index is 12.5. The molecule has 0 heterocycles. The van der Waals surface area contributed by atoms with Crippen LogP contribution in [0.15, 0.2) is 12.2 Å². The molecule has 2 unspecified atom stereocenters. The third-order valence-corrected chi connectivity index (χ3v) is 15.8. The highest BCUT2D eigenvalue weighted by Crippen LogP contribution is 2.19. The monoisotopic (exact) mass is 1030 g/mol. The summed E-state index contributed by atoms with van der Waals surface area (Å²) in [7, 11) is 0. The van der Waals surface area contributed by atoms with E-state index in [0.29, 0.717) is 25.9 Å². The first-order chi connectivity index (χ1) is 36.0. The number of allylic oxidation sites excluding steroid dienone is 2. The van der Waals surface area contributed by atoms with Gasteiger partial charge in [-0.05, 0) is 51.4 Å². The third kappa shape index (κ3) is 59.7. The number of esters is 1. The van der Waals surface area contributed by atoms with Crippen molar-refractivity contribution in [3.8, 4) is 0 Å². The predicted octanol–water partition coefficient (Wildman–Crippen LogP) is 21.2. The standard InChI is InChI=1S/C67H131NO5/c1-3-5-7-9-11-13-15-17-37-41-45-49-53-57-61-67(72)73-62-58-54-50-46-42-38-34-32-30-28-26-24-22-20-18-19-21-23-25-27-29-31-33-36-40-44-48-52-56-60-66(71)68-64(63-69)65(70)59-55-51-47-43-39-35-16-14-12-10-8-6-4-2/h15,17,64-65,69-70H,3-14,16,18-63H2,1-2H3,(H,68,71)/b17-15-. The summed E-state index contributed by atoms with van der Waals surface area (Å²) >= 11 is 0. The Bertz CT molecular complexity index is 1100. The molecule has 3 N–H and O–H groups in total. The molecular formula is C67H131NO5. The number of rotatable bonds is 63. The number of ether oxygens (including phenoxy) is 1. The Balaban J connectivity index is 3.32. The summed E-state index contributed by atoms with van der Waals surface area (Å²) in [5.41, 5.74) is 0. The summed E-state index contributed by atoms with van der Waals surface area (Å²) in [6.07, 6.45) is 76.8. The van der Waals surface area contributed by atoms with E-state index in [9.17, 15) is 19.8 Å². The van der Waals surface area contributed by atoms with Gasteiger partial charge in [-0.2, -0.15) is 0 Å². The van der Waals surface area contributed by atoms with Crippen LogP contribution in [0.2, 0.25) is 0 Å². The van der Waals surface area contributed by atoms with Crippen molar-refractivity contribution < 1.29 is 24.5 Å². The molecule has 0 aromatic carbocycles. The minimum absolute atomic E-state index is 0.0116. The summed E-state index contributed by atoms with van der Waals surface area (Å²) < 4.78 is 5.49. The van der Waals surface area contributed by atoms with Gasteiger partial charge in [-0.15, -0.1) is 0 Å². The van der Waals surface area contributed by atoms with Gasteiger partial charge >= 0.3 is 5.97 Å². The van der Waals surface area contributed by atoms with Crippen LogP contribution in [0.25, 0.3) is 0 Å². The Labute approximate surface area is 457 Å². The van der Waals surface area contributed by atoms with Crippen LogP contribution in [0, 0.1) is 0 Å². The number of carbonyl (C=O) groups excluding carboxylic acids is 2. The van der Waals surface area contributed by atoms with E-state index in [1.807, 2.05) is 0 Å². The van der Waals surface area contributed by atoms with Crippen LogP contribution < -0.4 is 5.32 Å². The fraction of sp³-hybridized carbons (Fsp3) is 0.940. The van der Waals surface area contributed by atoms with Crippen LogP contribution in [0.3, 0.4) is 0 Å². The molecule has 0 spiro atoms. The van der Waals surface area contributed by atoms with Gasteiger partial charge in [-0.3, -0.25) is 9.59 Å². The SMILES string of the molecule is CCCCCCC/C=C\CCCCCCCC(=O)OCCCCCCCCCCCCCCCCCCCCCCCCCCCCCCCC(=O)NC(CO)C(O)CCCCCCCCCCCCCCC. The van der Waals surface area contributed by atoms with Crippen LogP contribution in [0.1, 0.15) is 380 Å². The normalized spacial score (nSPS) is 12.5. The second kappa shape index (κ2) is 63.1. The van der Waals surface area contributed by atoms with Crippen molar-refractivity contribution >= 4 is 11.9 Å². The number of aliphatic hydroxyl groups excluding tert-OH is 2. The van der Waals surface area contributed by atoms with E-state index in [1.165, 1.54) is 302 Å². The van der Waals surface area contributed by atoms with Crippen molar-refractivity contribution in [2.45, 2.75) is 392 Å². The molecule has 0 aromatic rings. The maximum Gasteiger partial charge on any atom is 0.305 e. The van der Waals surface area contributed by atoms with Crippen molar-refractivity contribution in [3.63, 3.8) is 0 Å². The van der Waals surface area contributed by atoms with Gasteiger partial charge in [0.2, 0.25) is 5.91 Å². The highest BCUT2D eigenvalue weighted by molar-refractivity contribution is 5.76. The average molecular weight is 1030 g/mol. The van der Waals surface area contributed by atoms with Crippen molar-refractivity contribution in [1.29, 1.82) is 0 Å². The van der Waals surface area contributed by atoms with Gasteiger partial charge in [-0.1, -0.05) is 328 Å². The Morgan fingerprint density at radius 1 is 0.370 bits per heavy atom. The second-order valence-electron chi connectivity index (χ2n) is 23.2. The Morgan fingerprint density at radius 2 is 0.644 bits per heavy atom. The van der Waals surface area contributed by atoms with Crippen LogP contribution >= 0.6 is 0 Å². The Hall–Kier alpha value is -1.40. The van der Waals surface area contributed by atoms with E-state index in [-0.39, 0.29) is 18.5 Å². The molecule has 73 heavy (non-hydrogen) atoms. The molecule has 0 fully saturated rings. The fourth-order valence-corrected chi connectivity index (χ4v) is 10.7. The highest BCUT2D eigenvalue weighted by atomic mass is 16.5. The lowest BCUT2D eigenvalue weighted by molar-refractivity contribution is -0.143. The lowest BCUT2D eigenvalue weighted by Crippen LogP contribution is -2.45. The molecule has 2 atom stereocenters. The minimum atomic E-state index is -0.660. The first kappa shape index (κ1) is 71.6. The van der Waals surface area contributed by atoms with Gasteiger partial charge in [0.05, 0.1) is 25.4 Å². The van der Waals surface area contributed by atoms with E-state index in [2.05, 4.69) is 31.3 Å². The molecule has 0 aromatic heterocycles. The zero-order valence-electron chi connectivity index (χ0n) is 49.6. The summed E-state index contributed by atoms with van der Waals surface area (Å²) in [6, 6.07) is -0.537. The molecule has 0 bridgehead atoms. The van der Waals surface area contributed by atoms with E-state index in [4.69, 9.17) is 4.74 Å². The quantitative estimate of drug-likeness (QED) is 0.0320. The number of carbonyl (C=O) groups is 2. The molecule has 6 nitrogen and oxygen atoms in total. The number of nitrogens with one attached hydrogen (secondary N) is 1. The van der Waals surface area contributed by atoms with Gasteiger partial charge in [0.15, 0.2) is 0 Å². The molecule has 0 aliphatic rings. The van der Waals surface area contributed by atoms with Crippen molar-refractivity contribution in [2.75, 3.05) is 13.2 Å². The highest BCUT2D eigenvalue weighted by Gasteiger charge is 2.20. The molecule has 1 amide bonds. The van der Waals surface area contributed by atoms with Gasteiger partial charge in [0, 0.05) is 12.8 Å². The smallest absolute Gasteiger partial charge is 0.305 e. The lowest BCUT2D eigenvalue weighted by atomic mass is 10.0. The maximum atomic E-state index is 12.5. The van der Waals surface area contributed by atoms with E-state index in [1.54, 1.807) is 0 Å². The zero-order valence-corrected chi connectivity index (χ0v) is 49.6. The van der Waals surface area contributed by atoms with Gasteiger partial charge in [0.1, 0.15) is 0 Å². The number of aliphatic hydroxyl groups is 2. The third-order valence-electron chi connectivity index (χ3n) is 15.8. The molecule has 0 saturated carbocycles. The summed E-state index contributed by atoms with van der Waals surface area (Å²) in [6.45, 7) is 4.97. The molecule has 0 saturated heterocycles.